The number of phenolic OH excluding ortho intramolecular Hbond substituents is 3. The van der Waals surface area contributed by atoms with Gasteiger partial charge in [0.25, 0.3) is 29.0 Å². The van der Waals surface area contributed by atoms with Crippen molar-refractivity contribution in [3.8, 4) is 34.5 Å². The molecule has 0 aromatic heterocycles. The number of benzene rings is 8. The number of phenols is 3. The average Bonchev–Trinajstić information content (AvgIpc) is 1.66. The van der Waals surface area contributed by atoms with Gasteiger partial charge in [-0.2, -0.15) is 17.1 Å². The van der Waals surface area contributed by atoms with Gasteiger partial charge in [-0.3, -0.25) is 33.0 Å². The summed E-state index contributed by atoms with van der Waals surface area (Å²) in [5.41, 5.74) is 3.24. The first-order valence-corrected chi connectivity index (χ1v) is 52.3. The number of ether oxygens (including phenoxy) is 2. The van der Waals surface area contributed by atoms with E-state index in [4.69, 9.17) is 122 Å². The SMILES string of the molecule is CCCCCCCCCCCCOc1ccc(OS(=O)N2CCCC2C(=O)Nc2cc(O)c(NC(=O)c3ccc(Cl)c(Cl)c3)cc2Cl)cc1.CCCCCCCCCCCCS(=O)(=O)N1CC(O)CC1C(=O)Nc1cc(O)c(NC(=O)c2ccc(Cl)c(Cl)c2)cc1Cl.Cc1ccc(OCCCCOS(=O)N2CCCC2C(=O)Nc2cc(O)c(NC(=O)c3ccc(Cl)c(Cl)c3)cc2Cl)c(C)c1. The van der Waals surface area contributed by atoms with Crippen LogP contribution in [0.4, 0.5) is 34.1 Å². The number of rotatable bonds is 47. The van der Waals surface area contributed by atoms with E-state index in [1.54, 1.807) is 24.3 Å². The molecule has 0 spiro atoms. The Kier molecular flexibility index (Phi) is 46.2. The van der Waals surface area contributed by atoms with Crippen LogP contribution in [0.3, 0.4) is 0 Å². The number of carbonyl (C=O) groups is 6. The molecule has 0 radical (unpaired) electrons. The molecule has 39 heteroatoms. The monoisotopic (exact) mass is 2090 g/mol. The third-order valence-electron chi connectivity index (χ3n) is 22.4. The van der Waals surface area contributed by atoms with Gasteiger partial charge in [0.05, 0.1) is 111 Å². The fourth-order valence-corrected chi connectivity index (χ4v) is 20.5. The third kappa shape index (κ3) is 35.1. The predicted molar refractivity (Wildman–Crippen MR) is 542 cm³/mol. The highest BCUT2D eigenvalue weighted by atomic mass is 35.5. The van der Waals surface area contributed by atoms with Gasteiger partial charge in [-0.15, -0.1) is 0 Å². The highest BCUT2D eigenvalue weighted by Gasteiger charge is 2.43. The summed E-state index contributed by atoms with van der Waals surface area (Å²) in [6.07, 6.45) is 25.9. The van der Waals surface area contributed by atoms with Gasteiger partial charge in [-0.05, 0) is 174 Å². The highest BCUT2D eigenvalue weighted by Crippen LogP contribution is 2.41. The Hall–Kier alpha value is -7.96. The number of aryl methyl sites for hydroxylation is 2. The topological polar surface area (TPSA) is 370 Å². The van der Waals surface area contributed by atoms with E-state index in [9.17, 15) is 66.0 Å². The fraction of sp³-hybridized carbons (Fsp3) is 0.438. The summed E-state index contributed by atoms with van der Waals surface area (Å²) in [6.45, 7) is 10.5. The van der Waals surface area contributed by atoms with Crippen molar-refractivity contribution < 1.29 is 83.9 Å². The molecule has 135 heavy (non-hydrogen) atoms. The van der Waals surface area contributed by atoms with E-state index < -0.39 is 92.2 Å². The van der Waals surface area contributed by atoms with Crippen molar-refractivity contribution in [3.63, 3.8) is 0 Å². The van der Waals surface area contributed by atoms with Crippen molar-refractivity contribution in [2.75, 3.05) is 77.1 Å². The number of hydrogen-bond donors (Lipinski definition) is 10. The van der Waals surface area contributed by atoms with Crippen LogP contribution in [-0.2, 0) is 51.1 Å². The lowest BCUT2D eigenvalue weighted by molar-refractivity contribution is -0.119. The third-order valence-corrected chi connectivity index (χ3v) is 29.9. The second kappa shape index (κ2) is 56.3. The number of hydrogen-bond acceptors (Lipinski definition) is 18. The minimum absolute atomic E-state index is 0.00564. The van der Waals surface area contributed by atoms with Crippen LogP contribution in [0.1, 0.15) is 229 Å². The number of anilines is 6. The summed E-state index contributed by atoms with van der Waals surface area (Å²) in [5.74, 6) is -2.42. The molecule has 3 aliphatic rings. The number of amides is 6. The molecule has 8 aromatic rings. The molecule has 3 heterocycles. The Balaban J connectivity index is 0.000000228. The largest absolute Gasteiger partial charge is 0.506 e. The van der Waals surface area contributed by atoms with E-state index in [1.807, 2.05) is 26.0 Å². The first-order valence-electron chi connectivity index (χ1n) is 45.2. The van der Waals surface area contributed by atoms with Gasteiger partial charge < -0.3 is 66.0 Å². The van der Waals surface area contributed by atoms with Gasteiger partial charge in [0.1, 0.15) is 52.6 Å². The second-order valence-electron chi connectivity index (χ2n) is 33.0. The number of nitrogens with zero attached hydrogens (tertiary/aromatic N) is 3. The molecule has 11 rings (SSSR count). The lowest BCUT2D eigenvalue weighted by Crippen LogP contribution is -2.44. The number of halogens is 9. The van der Waals surface area contributed by atoms with Crippen molar-refractivity contribution in [1.29, 1.82) is 0 Å². The molecule has 0 saturated carbocycles. The summed E-state index contributed by atoms with van der Waals surface area (Å²) in [5, 5.41) is 59.1. The summed E-state index contributed by atoms with van der Waals surface area (Å²) in [6, 6.07) is 30.9. The molecule has 6 amide bonds. The minimum atomic E-state index is -3.79. The van der Waals surface area contributed by atoms with E-state index in [-0.39, 0.29) is 129 Å². The van der Waals surface area contributed by atoms with Crippen molar-refractivity contribution in [2.45, 2.75) is 225 Å². The van der Waals surface area contributed by atoms with Crippen LogP contribution in [0.25, 0.3) is 0 Å². The van der Waals surface area contributed by atoms with Crippen LogP contribution >= 0.6 is 104 Å². The number of aliphatic hydroxyl groups is 1. The van der Waals surface area contributed by atoms with E-state index in [0.29, 0.717) is 86.4 Å². The molecule has 8 aromatic carbocycles. The maximum Gasteiger partial charge on any atom is 0.291 e. The van der Waals surface area contributed by atoms with Crippen LogP contribution in [0, 0.1) is 13.8 Å². The van der Waals surface area contributed by atoms with Gasteiger partial charge in [-0.25, -0.2) is 12.6 Å². The summed E-state index contributed by atoms with van der Waals surface area (Å²) in [4.78, 5) is 77.4. The first kappa shape index (κ1) is 111. The van der Waals surface area contributed by atoms with E-state index in [2.05, 4.69) is 51.8 Å². The van der Waals surface area contributed by atoms with E-state index in [0.717, 1.165) is 66.6 Å². The van der Waals surface area contributed by atoms with Gasteiger partial charge in [0.15, 0.2) is 0 Å². The Morgan fingerprint density at radius 1 is 0.400 bits per heavy atom. The molecule has 0 aliphatic carbocycles. The lowest BCUT2D eigenvalue weighted by Gasteiger charge is -2.23. The second-order valence-corrected chi connectivity index (χ2v) is 40.9. The number of aliphatic hydroxyl groups excluding tert-OH is 1. The number of aromatic hydroxyl groups is 3. The quantitative estimate of drug-likeness (QED) is 0.0125. The summed E-state index contributed by atoms with van der Waals surface area (Å²) in [7, 11) is -3.79. The zero-order valence-electron chi connectivity index (χ0n) is 75.5. The Labute approximate surface area is 839 Å². The van der Waals surface area contributed by atoms with E-state index >= 15 is 0 Å². The van der Waals surface area contributed by atoms with Crippen molar-refractivity contribution in [3.05, 3.63) is 206 Å². The van der Waals surface area contributed by atoms with E-state index in [1.165, 1.54) is 183 Å². The molecule has 3 aliphatic heterocycles. The molecule has 3 saturated heterocycles. The van der Waals surface area contributed by atoms with Crippen LogP contribution in [0.2, 0.25) is 45.2 Å². The first-order chi connectivity index (χ1) is 64.6. The number of nitrogens with one attached hydrogen (secondary N) is 6. The van der Waals surface area contributed by atoms with Crippen LogP contribution < -0.4 is 45.6 Å². The molecular weight excluding hydrogens is 1980 g/mol. The Bertz CT molecular complexity index is 5530. The van der Waals surface area contributed by atoms with Crippen LogP contribution in [0.5, 0.6) is 34.5 Å². The van der Waals surface area contributed by atoms with Crippen molar-refractivity contribution in [1.82, 2.24) is 12.9 Å². The van der Waals surface area contributed by atoms with Gasteiger partial charge in [-0.1, -0.05) is 252 Å². The smallest absolute Gasteiger partial charge is 0.291 e. The minimum Gasteiger partial charge on any atom is -0.506 e. The summed E-state index contributed by atoms with van der Waals surface area (Å²) >= 11 is 51.0. The Morgan fingerprint density at radius 3 is 1.19 bits per heavy atom. The zero-order chi connectivity index (χ0) is 97.8. The van der Waals surface area contributed by atoms with Crippen LogP contribution in [0.15, 0.2) is 133 Å². The molecular formula is C96H116Cl9N9O18S3. The average molecular weight is 2100 g/mol. The normalized spacial score (nSPS) is 16.0. The van der Waals surface area contributed by atoms with Crippen molar-refractivity contribution >= 4 is 207 Å². The van der Waals surface area contributed by atoms with Crippen LogP contribution in [-0.4, -0.2) is 155 Å². The maximum atomic E-state index is 13.3. The van der Waals surface area contributed by atoms with Crippen molar-refractivity contribution in [2.24, 2.45) is 0 Å². The molecule has 27 nitrogen and oxygen atoms in total. The molecule has 6 atom stereocenters. The zero-order valence-corrected chi connectivity index (χ0v) is 84.8. The Morgan fingerprint density at radius 2 is 0.770 bits per heavy atom. The molecule has 3 fully saturated rings. The highest BCUT2D eigenvalue weighted by molar-refractivity contribution is 7.89. The van der Waals surface area contributed by atoms with Gasteiger partial charge >= 0.3 is 0 Å². The fourth-order valence-electron chi connectivity index (χ4n) is 15.0. The predicted octanol–water partition coefficient (Wildman–Crippen LogP) is 24.3. The summed E-state index contributed by atoms with van der Waals surface area (Å²) < 4.78 is 79.2. The number of β-amino-alcohol motifs (C(OH)–C–C–N with tert-alkyl or cyclic N) is 1. The molecule has 10 N–H and O–H groups in total. The van der Waals surface area contributed by atoms with Gasteiger partial charge in [0, 0.05) is 60.9 Å². The molecule has 734 valence electrons. The lowest BCUT2D eigenvalue weighted by atomic mass is 10.1. The standard InChI is InChI=1S/C36H44Cl3N3O6S.C30H32Cl3N3O6S.C30H40Cl3N3O6S/c1-2-3-4-5-6-7-8-9-10-11-21-47-26-15-17-27(18-16-26)48-49(46)42-20-12-13-33(42)36(45)40-31-24-34(43)32(23-30(31)39)41-35(44)25-14-19-28(37)29(38)22-25;1-18-7-10-28(19(2)14-18)41-12-3-4-13-42-43(40)36-11-5-6-26(36)30(39)34-24-17-27(37)25(16-23(24)33)35-29(38)20-8-9-21(31)22(32)15-20;1-2-3-4-5-6-7-8-9-10-11-14-43(41,42)36-19-21(37)16-27(36)30(40)34-25-18-28(38)26(17-24(25)33)35-29(39)20-12-13-22(31)23(32)15-20/h14-19,22-24,33,43H,2-13,20-21H2,1H3,(H,40,45)(H,41,44);7-10,14-17,26,37H,3-6,11-13H2,1-2H3,(H,34,39)(H,35,38);12-13,15,17-18,21,27,37-38H,2-11,14,16,19H2,1H3,(H,34,40)(H,35,39). The molecule has 6 unspecified atom stereocenters. The van der Waals surface area contributed by atoms with Gasteiger partial charge in [0.2, 0.25) is 39.0 Å². The number of sulfonamides is 1. The number of unbranched alkanes of at least 4 members (excludes halogenated alkanes) is 19. The number of carbonyl (C=O) groups excluding carboxylic acids is 6. The maximum absolute atomic E-state index is 13.3. The molecule has 0 bridgehead atoms.